The summed E-state index contributed by atoms with van der Waals surface area (Å²) in [5.74, 6) is -12.6. The Bertz CT molecular complexity index is 2930. The van der Waals surface area contributed by atoms with Crippen molar-refractivity contribution in [3.63, 3.8) is 0 Å². The lowest BCUT2D eigenvalue weighted by Gasteiger charge is -2.42. The van der Waals surface area contributed by atoms with Gasteiger partial charge in [-0.3, -0.25) is 47.9 Å². The minimum Gasteiger partial charge on any atom is -0.481 e. The second-order valence-corrected chi connectivity index (χ2v) is 16.1. The van der Waals surface area contributed by atoms with Crippen LogP contribution in [0.2, 0.25) is 0 Å². The van der Waals surface area contributed by atoms with Gasteiger partial charge < -0.3 is 56.8 Å². The number of hydrogen-bond acceptors (Lipinski definition) is 22. The monoisotopic (exact) mass is 998 g/mol. The van der Waals surface area contributed by atoms with E-state index in [9.17, 15) is 47.9 Å². The van der Waals surface area contributed by atoms with Crippen LogP contribution in [-0.4, -0.2) is 71.9 Å². The summed E-state index contributed by atoms with van der Waals surface area (Å²) in [6.07, 6.45) is -6.27. The average Bonchev–Trinajstić information content (AvgIpc) is 3.23. The highest BCUT2D eigenvalue weighted by atomic mass is 16.6. The van der Waals surface area contributed by atoms with Crippen molar-refractivity contribution in [1.82, 2.24) is 0 Å². The fraction of sp³-hybridized carbons (Fsp3) is 0.320. The molecule has 5 atom stereocenters. The molecule has 0 aromatic heterocycles. The first-order valence-corrected chi connectivity index (χ1v) is 21.7. The van der Waals surface area contributed by atoms with Crippen LogP contribution in [0.3, 0.4) is 0 Å². The van der Waals surface area contributed by atoms with Crippen molar-refractivity contribution in [2.75, 3.05) is 0 Å². The zero-order valence-electron chi connectivity index (χ0n) is 40.3. The molecule has 6 rings (SSSR count). The quantitative estimate of drug-likeness (QED) is 0.111. The molecule has 0 bridgehead atoms. The first-order chi connectivity index (χ1) is 33.9. The van der Waals surface area contributed by atoms with Gasteiger partial charge in [-0.25, -0.2) is 0 Å². The number of rotatable bonds is 13. The summed E-state index contributed by atoms with van der Waals surface area (Å²) in [5.41, 5.74) is -0.0622. The number of benzene rings is 4. The van der Waals surface area contributed by atoms with Crippen molar-refractivity contribution >= 4 is 59.7 Å². The van der Waals surface area contributed by atoms with Gasteiger partial charge in [-0.15, -0.1) is 0 Å². The van der Waals surface area contributed by atoms with Crippen LogP contribution in [0.15, 0.2) is 54.6 Å². The minimum atomic E-state index is -1.68. The van der Waals surface area contributed by atoms with E-state index in [1.54, 1.807) is 0 Å². The van der Waals surface area contributed by atoms with Crippen molar-refractivity contribution in [1.29, 1.82) is 0 Å². The molecule has 0 fully saturated rings. The van der Waals surface area contributed by atoms with Gasteiger partial charge in [0.25, 0.3) is 0 Å². The van der Waals surface area contributed by atoms with Gasteiger partial charge in [-0.05, 0) is 24.3 Å². The van der Waals surface area contributed by atoms with Gasteiger partial charge in [-0.2, -0.15) is 0 Å². The molecule has 4 aromatic carbocycles. The van der Waals surface area contributed by atoms with Crippen molar-refractivity contribution < 1.29 is 105 Å². The predicted octanol–water partition coefficient (Wildman–Crippen LogP) is 5.89. The summed E-state index contributed by atoms with van der Waals surface area (Å²) in [4.78, 5) is 127. The van der Waals surface area contributed by atoms with Crippen LogP contribution in [-0.2, 0) is 63.8 Å². The molecule has 0 spiro atoms. The maximum absolute atomic E-state index is 13.5. The van der Waals surface area contributed by atoms with Crippen LogP contribution < -0.4 is 47.4 Å². The Morgan fingerprint density at radius 3 is 1.31 bits per heavy atom. The summed E-state index contributed by atoms with van der Waals surface area (Å²) >= 11 is 0. The SMILES string of the molecule is CC(=O)Oc1cc(OC(C)=O)c2c(c1)O[C@H](c1ccc(OC(C)=O)c(OC(C)=O)c1)[C@@H](OC(C)=O)[C@@H]2c1c(OC(C)=O)cc(OC(C)=O)c2c1O[C@H](c1ccc(OC(C)=O)c(OC(C)=O)c1)[C@H](OC(C)=O)C2. The first kappa shape index (κ1) is 52.5. The van der Waals surface area contributed by atoms with Gasteiger partial charge in [0.1, 0.15) is 40.6 Å². The number of hydrogen-bond donors (Lipinski definition) is 0. The molecular formula is C50H46O22. The number of carbonyl (C=O) groups excluding carboxylic acids is 10. The van der Waals surface area contributed by atoms with Crippen LogP contribution in [0.5, 0.6) is 57.5 Å². The van der Waals surface area contributed by atoms with E-state index in [0.29, 0.717) is 0 Å². The Balaban J connectivity index is 1.78. The van der Waals surface area contributed by atoms with E-state index in [1.165, 1.54) is 54.6 Å². The minimum absolute atomic E-state index is 0.00922. The number of fused-ring (bicyclic) bond motifs is 2. The molecule has 0 N–H and O–H groups in total. The van der Waals surface area contributed by atoms with Crippen molar-refractivity contribution in [2.24, 2.45) is 0 Å². The van der Waals surface area contributed by atoms with E-state index in [0.717, 1.165) is 69.2 Å². The third-order valence-corrected chi connectivity index (χ3v) is 10.2. The number of ether oxygens (including phenoxy) is 12. The topological polar surface area (TPSA) is 281 Å². The average molecular weight is 999 g/mol. The molecular weight excluding hydrogens is 953 g/mol. The standard InChI is InChI=1S/C50H46O22/c1-21(51)61-33-17-40(67-27(7)57)44-41(18-33)71-48(32-12-14-36(63-23(3)53)39(16-32)66-26(6)56)50(70-30(10)60)46(44)45-42(68-28(8)58)20-37(64-24(4)54)34-19-43(69-29(9)59)47(72-49(34)45)31-11-13-35(62-22(2)52)38(15-31)65-25(5)55/h11-18,20,43,46-48,50H,19H2,1-10H3/t43-,46+,47-,48-,50+/m1/s1. The second-order valence-electron chi connectivity index (χ2n) is 16.1. The molecule has 2 aliphatic heterocycles. The van der Waals surface area contributed by atoms with Crippen molar-refractivity contribution in [3.8, 4) is 57.5 Å². The molecule has 22 nitrogen and oxygen atoms in total. The van der Waals surface area contributed by atoms with Gasteiger partial charge >= 0.3 is 59.7 Å². The molecule has 4 aromatic rings. The largest absolute Gasteiger partial charge is 0.481 e. The Morgan fingerprint density at radius 2 is 0.833 bits per heavy atom. The summed E-state index contributed by atoms with van der Waals surface area (Å²) in [6.45, 7) is 10.9. The molecule has 2 heterocycles. The van der Waals surface area contributed by atoms with Crippen LogP contribution in [0.4, 0.5) is 0 Å². The molecule has 22 heteroatoms. The zero-order valence-corrected chi connectivity index (χ0v) is 40.3. The lowest BCUT2D eigenvalue weighted by atomic mass is 9.77. The smallest absolute Gasteiger partial charge is 0.308 e. The molecule has 0 saturated heterocycles. The lowest BCUT2D eigenvalue weighted by Crippen LogP contribution is -2.40. The maximum Gasteiger partial charge on any atom is 0.308 e. The molecule has 0 radical (unpaired) electrons. The Morgan fingerprint density at radius 1 is 0.403 bits per heavy atom. The van der Waals surface area contributed by atoms with Crippen LogP contribution in [0, 0.1) is 0 Å². The van der Waals surface area contributed by atoms with Gasteiger partial charge in [0.15, 0.2) is 41.3 Å². The first-order valence-electron chi connectivity index (χ1n) is 21.7. The number of carbonyl (C=O) groups is 10. The second kappa shape index (κ2) is 21.9. The van der Waals surface area contributed by atoms with Crippen molar-refractivity contribution in [2.45, 2.75) is 106 Å². The van der Waals surface area contributed by atoms with E-state index in [1.807, 2.05) is 0 Å². The molecule has 0 unspecified atom stereocenters. The van der Waals surface area contributed by atoms with Crippen LogP contribution in [0.1, 0.15) is 115 Å². The van der Waals surface area contributed by atoms with Crippen molar-refractivity contribution in [3.05, 3.63) is 82.4 Å². The van der Waals surface area contributed by atoms with Gasteiger partial charge in [0, 0.05) is 122 Å². The molecule has 378 valence electrons. The Kier molecular flexibility index (Phi) is 16.0. The van der Waals surface area contributed by atoms with Gasteiger partial charge in [0.2, 0.25) is 0 Å². The van der Waals surface area contributed by atoms with E-state index in [2.05, 4.69) is 0 Å². The molecule has 2 aliphatic rings. The highest BCUT2D eigenvalue weighted by Crippen LogP contribution is 2.59. The summed E-state index contributed by atoms with van der Waals surface area (Å²) in [6, 6.07) is 11.5. The van der Waals surface area contributed by atoms with E-state index >= 15 is 0 Å². The molecule has 0 saturated carbocycles. The lowest BCUT2D eigenvalue weighted by molar-refractivity contribution is -0.154. The third kappa shape index (κ3) is 12.5. The molecule has 0 aliphatic carbocycles. The zero-order chi connectivity index (χ0) is 52.9. The predicted molar refractivity (Wildman–Crippen MR) is 240 cm³/mol. The van der Waals surface area contributed by atoms with E-state index < -0.39 is 95.8 Å². The summed E-state index contributed by atoms with van der Waals surface area (Å²) < 4.78 is 69.7. The summed E-state index contributed by atoms with van der Waals surface area (Å²) in [7, 11) is 0. The van der Waals surface area contributed by atoms with Gasteiger partial charge in [-0.1, -0.05) is 12.1 Å². The van der Waals surface area contributed by atoms with Crippen LogP contribution in [0.25, 0.3) is 0 Å². The fourth-order valence-corrected chi connectivity index (χ4v) is 8.12. The number of esters is 10. The fourth-order valence-electron chi connectivity index (χ4n) is 8.12. The summed E-state index contributed by atoms with van der Waals surface area (Å²) in [5, 5.41) is 0. The van der Waals surface area contributed by atoms with Gasteiger partial charge in [0.05, 0.1) is 5.92 Å². The molecule has 72 heavy (non-hydrogen) atoms. The van der Waals surface area contributed by atoms with E-state index in [-0.39, 0.29) is 86.0 Å². The third-order valence-electron chi connectivity index (χ3n) is 10.2. The highest BCUT2D eigenvalue weighted by molar-refractivity contribution is 5.79. The van der Waals surface area contributed by atoms with E-state index in [4.69, 9.17) is 56.8 Å². The highest BCUT2D eigenvalue weighted by Gasteiger charge is 2.50. The Labute approximate surface area is 409 Å². The molecule has 0 amide bonds. The maximum atomic E-state index is 13.5. The Hall–Kier alpha value is -8.82. The normalized spacial score (nSPS) is 17.3. The van der Waals surface area contributed by atoms with Crippen LogP contribution >= 0.6 is 0 Å².